The Labute approximate surface area is 94.1 Å². The molecule has 88 valence electrons. The first-order valence-electron chi connectivity index (χ1n) is 5.73. The van der Waals surface area contributed by atoms with Gasteiger partial charge in [-0.3, -0.25) is 4.79 Å². The average molecular weight is 211 g/mol. The van der Waals surface area contributed by atoms with E-state index in [0.29, 0.717) is 0 Å². The fraction of sp³-hybridized carbons (Fsp3) is 0.769. The van der Waals surface area contributed by atoms with Crippen LogP contribution in [-0.4, -0.2) is 11.4 Å². The van der Waals surface area contributed by atoms with E-state index in [9.17, 15) is 4.79 Å². The van der Waals surface area contributed by atoms with Crippen LogP contribution in [0.5, 0.6) is 0 Å². The number of amides is 1. The van der Waals surface area contributed by atoms with Gasteiger partial charge in [-0.25, -0.2) is 0 Å². The van der Waals surface area contributed by atoms with Gasteiger partial charge in [-0.1, -0.05) is 40.7 Å². The first kappa shape index (κ1) is 14.2. The average Bonchev–Trinajstić information content (AvgIpc) is 2.17. The smallest absolute Gasteiger partial charge is 0.243 e. The summed E-state index contributed by atoms with van der Waals surface area (Å²) < 4.78 is 0. The van der Waals surface area contributed by atoms with Crippen molar-refractivity contribution in [1.82, 2.24) is 5.32 Å². The molecule has 0 heterocycles. The Balaban J connectivity index is 4.56. The number of hydrogen-bond donors (Lipinski definition) is 1. The molecule has 2 nitrogen and oxygen atoms in total. The van der Waals surface area contributed by atoms with Crippen molar-refractivity contribution in [2.75, 3.05) is 0 Å². The predicted molar refractivity (Wildman–Crippen MR) is 65.7 cm³/mol. The van der Waals surface area contributed by atoms with Gasteiger partial charge in [-0.05, 0) is 31.3 Å². The summed E-state index contributed by atoms with van der Waals surface area (Å²) >= 11 is 0. The van der Waals surface area contributed by atoms with Crippen molar-refractivity contribution in [2.24, 2.45) is 5.41 Å². The highest BCUT2D eigenvalue weighted by Gasteiger charge is 2.30. The number of hydrogen-bond acceptors (Lipinski definition) is 1. The first-order chi connectivity index (χ1) is 6.78. The van der Waals surface area contributed by atoms with Gasteiger partial charge in [0.2, 0.25) is 5.91 Å². The molecule has 0 aromatic rings. The molecule has 0 saturated heterocycles. The van der Waals surface area contributed by atoms with E-state index in [-0.39, 0.29) is 16.9 Å². The zero-order valence-electron chi connectivity index (χ0n) is 10.8. The monoisotopic (exact) mass is 211 g/mol. The summed E-state index contributed by atoms with van der Waals surface area (Å²) in [6, 6.07) is 0. The Morgan fingerprint density at radius 1 is 1.27 bits per heavy atom. The summed E-state index contributed by atoms with van der Waals surface area (Å²) in [6.07, 6.45) is 4.39. The van der Waals surface area contributed by atoms with E-state index in [1.807, 2.05) is 0 Å². The lowest BCUT2D eigenvalue weighted by molar-refractivity contribution is -0.118. The van der Waals surface area contributed by atoms with Crippen molar-refractivity contribution in [3.8, 4) is 0 Å². The SMILES string of the molecule is C=CC(=O)NC(C)(CC)CC(C)(C)CC. The van der Waals surface area contributed by atoms with Crippen molar-refractivity contribution < 1.29 is 4.79 Å². The molecule has 15 heavy (non-hydrogen) atoms. The second-order valence-corrected chi connectivity index (χ2v) is 5.30. The minimum atomic E-state index is -0.120. The third kappa shape index (κ3) is 5.01. The lowest BCUT2D eigenvalue weighted by atomic mass is 9.76. The molecule has 0 rings (SSSR count). The van der Waals surface area contributed by atoms with Crippen LogP contribution in [-0.2, 0) is 4.79 Å². The number of nitrogens with one attached hydrogen (secondary N) is 1. The van der Waals surface area contributed by atoms with Crippen LogP contribution in [0.15, 0.2) is 12.7 Å². The van der Waals surface area contributed by atoms with Crippen molar-refractivity contribution in [3.63, 3.8) is 0 Å². The molecule has 1 unspecified atom stereocenters. The van der Waals surface area contributed by atoms with Gasteiger partial charge in [-0.15, -0.1) is 0 Å². The van der Waals surface area contributed by atoms with Crippen LogP contribution in [0.1, 0.15) is 53.9 Å². The molecular weight excluding hydrogens is 186 g/mol. The van der Waals surface area contributed by atoms with Gasteiger partial charge >= 0.3 is 0 Å². The Morgan fingerprint density at radius 2 is 1.80 bits per heavy atom. The lowest BCUT2D eigenvalue weighted by Gasteiger charge is -2.37. The van der Waals surface area contributed by atoms with Crippen LogP contribution in [0, 0.1) is 5.41 Å². The molecule has 2 heteroatoms. The van der Waals surface area contributed by atoms with E-state index in [1.54, 1.807) is 0 Å². The van der Waals surface area contributed by atoms with Gasteiger partial charge < -0.3 is 5.32 Å². The van der Waals surface area contributed by atoms with Gasteiger partial charge in [0.05, 0.1) is 0 Å². The van der Waals surface area contributed by atoms with Crippen LogP contribution in [0.25, 0.3) is 0 Å². The minimum absolute atomic E-state index is 0.0775. The lowest BCUT2D eigenvalue weighted by Crippen LogP contribution is -2.47. The number of carbonyl (C=O) groups is 1. The maximum atomic E-state index is 11.3. The van der Waals surface area contributed by atoms with Crippen molar-refractivity contribution in [2.45, 2.75) is 59.4 Å². The van der Waals surface area contributed by atoms with Gasteiger partial charge in [0.1, 0.15) is 0 Å². The maximum absolute atomic E-state index is 11.3. The quantitative estimate of drug-likeness (QED) is 0.671. The molecule has 0 spiro atoms. The molecule has 1 atom stereocenters. The second-order valence-electron chi connectivity index (χ2n) is 5.30. The summed E-state index contributed by atoms with van der Waals surface area (Å²) in [4.78, 5) is 11.3. The largest absolute Gasteiger partial charge is 0.347 e. The van der Waals surface area contributed by atoms with E-state index in [2.05, 4.69) is 46.5 Å². The Bertz CT molecular complexity index is 233. The van der Waals surface area contributed by atoms with E-state index in [4.69, 9.17) is 0 Å². The van der Waals surface area contributed by atoms with Crippen molar-refractivity contribution in [3.05, 3.63) is 12.7 Å². The van der Waals surface area contributed by atoms with E-state index in [0.717, 1.165) is 19.3 Å². The Morgan fingerprint density at radius 3 is 2.13 bits per heavy atom. The molecule has 0 aromatic carbocycles. The Hall–Kier alpha value is -0.790. The zero-order valence-corrected chi connectivity index (χ0v) is 10.8. The highest BCUT2D eigenvalue weighted by molar-refractivity contribution is 5.87. The molecule has 0 aliphatic rings. The zero-order chi connectivity index (χ0) is 12.1. The van der Waals surface area contributed by atoms with Gasteiger partial charge in [-0.2, -0.15) is 0 Å². The fourth-order valence-corrected chi connectivity index (χ4v) is 1.79. The van der Waals surface area contributed by atoms with Gasteiger partial charge in [0.25, 0.3) is 0 Å². The standard InChI is InChI=1S/C13H25NO/c1-7-11(15)14-13(6,9-3)10-12(4,5)8-2/h7H,1,8-10H2,2-6H3,(H,14,15). The first-order valence-corrected chi connectivity index (χ1v) is 5.73. The van der Waals surface area contributed by atoms with Crippen LogP contribution >= 0.6 is 0 Å². The van der Waals surface area contributed by atoms with Gasteiger partial charge in [0.15, 0.2) is 0 Å². The molecule has 0 aliphatic carbocycles. The van der Waals surface area contributed by atoms with Crippen LogP contribution in [0.3, 0.4) is 0 Å². The molecule has 0 aromatic heterocycles. The Kier molecular flexibility index (Phi) is 5.06. The molecule has 0 radical (unpaired) electrons. The minimum Gasteiger partial charge on any atom is -0.347 e. The summed E-state index contributed by atoms with van der Waals surface area (Å²) in [6.45, 7) is 14.4. The summed E-state index contributed by atoms with van der Waals surface area (Å²) in [5, 5.41) is 3.03. The molecule has 0 fully saturated rings. The van der Waals surface area contributed by atoms with Crippen LogP contribution in [0.2, 0.25) is 0 Å². The predicted octanol–water partition coefficient (Wildman–Crippen LogP) is 3.28. The van der Waals surface area contributed by atoms with Crippen LogP contribution in [0.4, 0.5) is 0 Å². The second kappa shape index (κ2) is 5.34. The number of carbonyl (C=O) groups excluding carboxylic acids is 1. The van der Waals surface area contributed by atoms with E-state index in [1.165, 1.54) is 6.08 Å². The highest BCUT2D eigenvalue weighted by Crippen LogP contribution is 2.32. The molecule has 0 aliphatic heterocycles. The van der Waals surface area contributed by atoms with Gasteiger partial charge in [0, 0.05) is 5.54 Å². The summed E-state index contributed by atoms with van der Waals surface area (Å²) in [5.41, 5.74) is 0.143. The molecule has 1 amide bonds. The topological polar surface area (TPSA) is 29.1 Å². The van der Waals surface area contributed by atoms with Crippen molar-refractivity contribution >= 4 is 5.91 Å². The molecule has 0 bridgehead atoms. The van der Waals surface area contributed by atoms with Crippen LogP contribution < -0.4 is 5.32 Å². The van der Waals surface area contributed by atoms with E-state index >= 15 is 0 Å². The highest BCUT2D eigenvalue weighted by atomic mass is 16.1. The summed E-state index contributed by atoms with van der Waals surface area (Å²) in [7, 11) is 0. The molecule has 0 saturated carbocycles. The summed E-state index contributed by atoms with van der Waals surface area (Å²) in [5.74, 6) is -0.0775. The van der Waals surface area contributed by atoms with E-state index < -0.39 is 0 Å². The fourth-order valence-electron chi connectivity index (χ4n) is 1.79. The third-order valence-electron chi connectivity index (χ3n) is 3.22. The molecular formula is C13H25NO. The molecule has 1 N–H and O–H groups in total. The normalized spacial score (nSPS) is 15.5. The maximum Gasteiger partial charge on any atom is 0.243 e. The van der Waals surface area contributed by atoms with Crippen molar-refractivity contribution in [1.29, 1.82) is 0 Å². The third-order valence-corrected chi connectivity index (χ3v) is 3.22. The number of rotatable bonds is 6.